The van der Waals surface area contributed by atoms with Gasteiger partial charge < -0.3 is 15.1 Å². The third kappa shape index (κ3) is 4.71. The Bertz CT molecular complexity index is 625. The van der Waals surface area contributed by atoms with Crippen molar-refractivity contribution in [2.45, 2.75) is 19.3 Å². The predicted molar refractivity (Wildman–Crippen MR) is 96.3 cm³/mol. The Hall–Kier alpha value is -1.73. The van der Waals surface area contributed by atoms with E-state index in [-0.39, 0.29) is 18.3 Å². The number of hydrogen-bond acceptors (Lipinski definition) is 3. The summed E-state index contributed by atoms with van der Waals surface area (Å²) >= 11 is 0. The summed E-state index contributed by atoms with van der Waals surface area (Å²) in [6, 6.07) is 3.39. The summed E-state index contributed by atoms with van der Waals surface area (Å²) in [6.07, 6.45) is 2.51. The number of benzene rings is 1. The van der Waals surface area contributed by atoms with E-state index in [0.29, 0.717) is 38.5 Å². The molecule has 0 saturated carbocycles. The molecule has 2 saturated heterocycles. The van der Waals surface area contributed by atoms with Gasteiger partial charge in [0.2, 0.25) is 5.91 Å². The van der Waals surface area contributed by atoms with Gasteiger partial charge in [0.1, 0.15) is 17.2 Å². The number of piperazine rings is 1. The molecule has 1 unspecified atom stereocenters. The van der Waals surface area contributed by atoms with Gasteiger partial charge in [0.25, 0.3) is 5.91 Å². The van der Waals surface area contributed by atoms with Gasteiger partial charge in [-0.25, -0.2) is 8.78 Å². The van der Waals surface area contributed by atoms with Crippen LogP contribution in [0.4, 0.5) is 8.78 Å². The van der Waals surface area contributed by atoms with Gasteiger partial charge in [0.15, 0.2) is 0 Å². The second-order valence-corrected chi connectivity index (χ2v) is 6.67. The second-order valence-electron chi connectivity index (χ2n) is 6.67. The van der Waals surface area contributed by atoms with Crippen molar-refractivity contribution in [1.82, 2.24) is 15.1 Å². The fourth-order valence-corrected chi connectivity index (χ4v) is 3.47. The molecule has 1 N–H and O–H groups in total. The minimum Gasteiger partial charge on any atom is -0.339 e. The molecule has 2 heterocycles. The number of carbonyl (C=O) groups excluding carboxylic acids is 2. The van der Waals surface area contributed by atoms with Crippen LogP contribution in [0, 0.1) is 17.6 Å². The molecule has 1 atom stereocenters. The number of nitrogens with one attached hydrogen (secondary N) is 1. The van der Waals surface area contributed by atoms with Crippen molar-refractivity contribution in [2.75, 3.05) is 39.3 Å². The largest absolute Gasteiger partial charge is 0.339 e. The first-order chi connectivity index (χ1) is 12.1. The maximum atomic E-state index is 13.8. The topological polar surface area (TPSA) is 52.7 Å². The second kappa shape index (κ2) is 9.28. The van der Waals surface area contributed by atoms with E-state index < -0.39 is 23.1 Å². The van der Waals surface area contributed by atoms with Crippen LogP contribution >= 0.6 is 12.4 Å². The van der Waals surface area contributed by atoms with Crippen molar-refractivity contribution in [2.24, 2.45) is 5.92 Å². The summed E-state index contributed by atoms with van der Waals surface area (Å²) in [4.78, 5) is 27.8. The van der Waals surface area contributed by atoms with Crippen molar-refractivity contribution in [1.29, 1.82) is 0 Å². The fourth-order valence-electron chi connectivity index (χ4n) is 3.47. The molecule has 144 valence electrons. The molecule has 0 aliphatic carbocycles. The van der Waals surface area contributed by atoms with Crippen LogP contribution in [0.1, 0.15) is 29.6 Å². The van der Waals surface area contributed by atoms with Crippen LogP contribution in [-0.4, -0.2) is 60.9 Å². The lowest BCUT2D eigenvalue weighted by Gasteiger charge is -2.35. The number of nitrogens with zero attached hydrogens (tertiary/aromatic N) is 2. The number of amides is 2. The van der Waals surface area contributed by atoms with Crippen LogP contribution in [0.2, 0.25) is 0 Å². The summed E-state index contributed by atoms with van der Waals surface area (Å²) in [5.74, 6) is -1.70. The number of hydrogen-bond donors (Lipinski definition) is 1. The standard InChI is InChI=1S/C18H23F2N3O2.ClH/c19-14-2-1-3-15(20)17(14)18(25)23-10-8-22(9-11-23)16(24)5-4-13-6-7-21-12-13;/h1-3,13,21H,4-12H2;1H. The fraction of sp³-hybridized carbons (Fsp3) is 0.556. The highest BCUT2D eigenvalue weighted by molar-refractivity contribution is 5.95. The average Bonchev–Trinajstić information content (AvgIpc) is 3.13. The van der Waals surface area contributed by atoms with Crippen LogP contribution < -0.4 is 5.32 Å². The van der Waals surface area contributed by atoms with Crippen molar-refractivity contribution in [3.8, 4) is 0 Å². The lowest BCUT2D eigenvalue weighted by atomic mass is 10.0. The van der Waals surface area contributed by atoms with E-state index in [1.54, 1.807) is 4.90 Å². The van der Waals surface area contributed by atoms with E-state index in [4.69, 9.17) is 0 Å². The third-order valence-electron chi connectivity index (χ3n) is 5.03. The lowest BCUT2D eigenvalue weighted by Crippen LogP contribution is -2.50. The summed E-state index contributed by atoms with van der Waals surface area (Å²) in [5, 5.41) is 3.29. The molecule has 0 aromatic heterocycles. The highest BCUT2D eigenvalue weighted by Crippen LogP contribution is 2.18. The molecule has 2 fully saturated rings. The summed E-state index contributed by atoms with van der Waals surface area (Å²) < 4.78 is 27.5. The normalized spacial score (nSPS) is 20.0. The van der Waals surface area contributed by atoms with E-state index in [1.807, 2.05) is 0 Å². The Kier molecular flexibility index (Phi) is 7.34. The van der Waals surface area contributed by atoms with Crippen LogP contribution in [0.3, 0.4) is 0 Å². The molecule has 5 nitrogen and oxygen atoms in total. The van der Waals surface area contributed by atoms with Gasteiger partial charge in [-0.05, 0) is 44.0 Å². The highest BCUT2D eigenvalue weighted by atomic mass is 35.5. The molecular formula is C18H24ClF2N3O2. The first kappa shape index (κ1) is 20.6. The molecule has 1 aromatic carbocycles. The van der Waals surface area contributed by atoms with E-state index in [1.165, 1.54) is 11.0 Å². The molecule has 3 rings (SSSR count). The minimum absolute atomic E-state index is 0. The summed E-state index contributed by atoms with van der Waals surface area (Å²) in [7, 11) is 0. The number of rotatable bonds is 4. The Morgan fingerprint density at radius 1 is 1.08 bits per heavy atom. The molecular weight excluding hydrogens is 364 g/mol. The lowest BCUT2D eigenvalue weighted by molar-refractivity contribution is -0.133. The van der Waals surface area contributed by atoms with Gasteiger partial charge in [-0.3, -0.25) is 9.59 Å². The zero-order chi connectivity index (χ0) is 17.8. The summed E-state index contributed by atoms with van der Waals surface area (Å²) in [5.41, 5.74) is -0.518. The van der Waals surface area contributed by atoms with Crippen LogP contribution in [0.25, 0.3) is 0 Å². The third-order valence-corrected chi connectivity index (χ3v) is 5.03. The van der Waals surface area contributed by atoms with Gasteiger partial charge in [0.05, 0.1) is 0 Å². The smallest absolute Gasteiger partial charge is 0.259 e. The van der Waals surface area contributed by atoms with E-state index in [0.717, 1.165) is 38.1 Å². The van der Waals surface area contributed by atoms with Gasteiger partial charge in [-0.1, -0.05) is 6.07 Å². The van der Waals surface area contributed by atoms with Crippen LogP contribution in [0.15, 0.2) is 18.2 Å². The SMILES string of the molecule is Cl.O=C(CCC1CCNC1)N1CCN(C(=O)c2c(F)cccc2F)CC1. The van der Waals surface area contributed by atoms with Gasteiger partial charge in [-0.15, -0.1) is 12.4 Å². The Morgan fingerprint density at radius 3 is 2.27 bits per heavy atom. The van der Waals surface area contributed by atoms with E-state index in [9.17, 15) is 18.4 Å². The molecule has 0 bridgehead atoms. The molecule has 26 heavy (non-hydrogen) atoms. The molecule has 2 aliphatic rings. The Balaban J connectivity index is 0.00000243. The van der Waals surface area contributed by atoms with Crippen molar-refractivity contribution in [3.05, 3.63) is 35.4 Å². The van der Waals surface area contributed by atoms with E-state index in [2.05, 4.69) is 5.32 Å². The van der Waals surface area contributed by atoms with Crippen molar-refractivity contribution >= 4 is 24.2 Å². The van der Waals surface area contributed by atoms with Crippen LogP contribution in [-0.2, 0) is 4.79 Å². The molecule has 8 heteroatoms. The predicted octanol–water partition coefficient (Wildman–Crippen LogP) is 2.06. The van der Waals surface area contributed by atoms with Crippen LogP contribution in [0.5, 0.6) is 0 Å². The molecule has 1 aromatic rings. The molecule has 0 radical (unpaired) electrons. The Labute approximate surface area is 158 Å². The molecule has 0 spiro atoms. The maximum absolute atomic E-state index is 13.8. The quantitative estimate of drug-likeness (QED) is 0.860. The average molecular weight is 388 g/mol. The first-order valence-corrected chi connectivity index (χ1v) is 8.78. The van der Waals surface area contributed by atoms with E-state index >= 15 is 0 Å². The molecule has 2 amide bonds. The summed E-state index contributed by atoms with van der Waals surface area (Å²) in [6.45, 7) is 3.40. The number of halogens is 3. The van der Waals surface area contributed by atoms with Gasteiger partial charge in [0, 0.05) is 32.6 Å². The maximum Gasteiger partial charge on any atom is 0.259 e. The molecule has 2 aliphatic heterocycles. The highest BCUT2D eigenvalue weighted by Gasteiger charge is 2.28. The van der Waals surface area contributed by atoms with Gasteiger partial charge in [-0.2, -0.15) is 0 Å². The first-order valence-electron chi connectivity index (χ1n) is 8.78. The number of carbonyl (C=O) groups is 2. The van der Waals surface area contributed by atoms with Crippen molar-refractivity contribution < 1.29 is 18.4 Å². The zero-order valence-electron chi connectivity index (χ0n) is 14.5. The van der Waals surface area contributed by atoms with Gasteiger partial charge >= 0.3 is 0 Å². The Morgan fingerprint density at radius 2 is 1.69 bits per heavy atom. The monoisotopic (exact) mass is 387 g/mol. The zero-order valence-corrected chi connectivity index (χ0v) is 15.4. The minimum atomic E-state index is -0.853. The van der Waals surface area contributed by atoms with Crippen molar-refractivity contribution in [3.63, 3.8) is 0 Å².